The lowest BCUT2D eigenvalue weighted by Gasteiger charge is -2.11. The van der Waals surface area contributed by atoms with Crippen LogP contribution in [0.3, 0.4) is 0 Å². The van der Waals surface area contributed by atoms with Crippen LogP contribution in [0.5, 0.6) is 11.5 Å². The van der Waals surface area contributed by atoms with Gasteiger partial charge in [0.1, 0.15) is 11.5 Å². The number of halogens is 1. The fraction of sp³-hybridized carbons (Fsp3) is 0. The maximum atomic E-state index is 5.82. The highest BCUT2D eigenvalue weighted by Gasteiger charge is 2.04. The lowest BCUT2D eigenvalue weighted by atomic mass is 10.2. The average Bonchev–Trinajstić information content (AvgIpc) is 2.64. The van der Waals surface area contributed by atoms with Gasteiger partial charge in [0.15, 0.2) is 0 Å². The minimum absolute atomic E-state index is 0.806. The molecule has 4 rings (SSSR count). The van der Waals surface area contributed by atoms with Crippen LogP contribution in [0, 0.1) is 0 Å². The fourth-order valence-electron chi connectivity index (χ4n) is 2.62. The number of fused-ring (bicyclic) bond motifs is 1. The highest BCUT2D eigenvalue weighted by molar-refractivity contribution is 9.10. The molecule has 0 bridgehead atoms. The van der Waals surface area contributed by atoms with Gasteiger partial charge in [0.25, 0.3) is 0 Å². The summed E-state index contributed by atoms with van der Waals surface area (Å²) >= 11 is 3.48. The van der Waals surface area contributed by atoms with Gasteiger partial charge in [-0.3, -0.25) is 4.98 Å². The Hall–Kier alpha value is -2.85. The Morgan fingerprint density at radius 2 is 1.56 bits per heavy atom. The Bertz CT molecular complexity index is 1000. The van der Waals surface area contributed by atoms with E-state index in [2.05, 4.69) is 32.3 Å². The molecule has 25 heavy (non-hydrogen) atoms. The molecule has 4 heteroatoms. The van der Waals surface area contributed by atoms with E-state index < -0.39 is 0 Å². The second kappa shape index (κ2) is 6.95. The lowest BCUT2D eigenvalue weighted by Crippen LogP contribution is -1.93. The van der Waals surface area contributed by atoms with E-state index in [0.717, 1.165) is 38.2 Å². The molecular weight excluding hydrogens is 376 g/mol. The fourth-order valence-corrected chi connectivity index (χ4v) is 2.97. The first-order valence-corrected chi connectivity index (χ1v) is 8.71. The Balaban J connectivity index is 1.55. The van der Waals surface area contributed by atoms with Crippen molar-refractivity contribution in [2.75, 3.05) is 5.32 Å². The zero-order valence-corrected chi connectivity index (χ0v) is 14.9. The van der Waals surface area contributed by atoms with Gasteiger partial charge in [0, 0.05) is 27.4 Å². The van der Waals surface area contributed by atoms with Crippen LogP contribution >= 0.6 is 15.9 Å². The van der Waals surface area contributed by atoms with E-state index in [9.17, 15) is 0 Å². The third-order valence-corrected chi connectivity index (χ3v) is 4.31. The summed E-state index contributed by atoms with van der Waals surface area (Å²) in [6.45, 7) is 0. The van der Waals surface area contributed by atoms with Crippen molar-refractivity contribution in [3.8, 4) is 11.5 Å². The largest absolute Gasteiger partial charge is 0.457 e. The second-order valence-electron chi connectivity index (χ2n) is 5.58. The number of anilines is 2. The highest BCUT2D eigenvalue weighted by Crippen LogP contribution is 2.28. The van der Waals surface area contributed by atoms with Crippen LogP contribution in [0.15, 0.2) is 89.5 Å². The third kappa shape index (κ3) is 3.64. The van der Waals surface area contributed by atoms with Crippen LogP contribution in [0.4, 0.5) is 11.4 Å². The molecule has 0 atom stereocenters. The topological polar surface area (TPSA) is 34.1 Å². The van der Waals surface area contributed by atoms with E-state index in [1.807, 2.05) is 79.0 Å². The quantitative estimate of drug-likeness (QED) is 0.429. The first-order chi connectivity index (χ1) is 12.3. The van der Waals surface area contributed by atoms with E-state index in [0.29, 0.717) is 0 Å². The number of pyridine rings is 1. The van der Waals surface area contributed by atoms with E-state index in [1.54, 1.807) is 0 Å². The molecule has 0 aliphatic carbocycles. The molecular formula is C21H15BrN2O. The molecule has 122 valence electrons. The molecule has 1 heterocycles. The minimum Gasteiger partial charge on any atom is -0.457 e. The van der Waals surface area contributed by atoms with Gasteiger partial charge in [-0.2, -0.15) is 0 Å². The summed E-state index contributed by atoms with van der Waals surface area (Å²) in [7, 11) is 0. The maximum absolute atomic E-state index is 5.82. The molecule has 0 saturated heterocycles. The van der Waals surface area contributed by atoms with Crippen molar-refractivity contribution in [2.24, 2.45) is 0 Å². The number of ether oxygens (including phenoxy) is 1. The Morgan fingerprint density at radius 3 is 2.36 bits per heavy atom. The number of para-hydroxylation sites is 1. The van der Waals surface area contributed by atoms with Crippen LogP contribution in [-0.2, 0) is 0 Å². The summed E-state index contributed by atoms with van der Waals surface area (Å²) in [6.07, 6.45) is 1.81. The second-order valence-corrected chi connectivity index (χ2v) is 6.50. The van der Waals surface area contributed by atoms with E-state index >= 15 is 0 Å². The summed E-state index contributed by atoms with van der Waals surface area (Å²) in [6, 6.07) is 25.7. The molecule has 3 nitrogen and oxygen atoms in total. The van der Waals surface area contributed by atoms with Crippen LogP contribution in [0.25, 0.3) is 10.9 Å². The molecule has 1 aromatic heterocycles. The zero-order valence-electron chi connectivity index (χ0n) is 13.3. The first-order valence-electron chi connectivity index (χ1n) is 7.92. The highest BCUT2D eigenvalue weighted by atomic mass is 79.9. The van der Waals surface area contributed by atoms with Crippen molar-refractivity contribution < 1.29 is 4.74 Å². The molecule has 0 fully saturated rings. The predicted molar refractivity (Wildman–Crippen MR) is 106 cm³/mol. The van der Waals surface area contributed by atoms with Crippen LogP contribution < -0.4 is 10.1 Å². The van der Waals surface area contributed by atoms with Gasteiger partial charge in [-0.25, -0.2) is 0 Å². The maximum Gasteiger partial charge on any atom is 0.127 e. The number of aromatic nitrogens is 1. The van der Waals surface area contributed by atoms with Gasteiger partial charge in [0.05, 0.1) is 5.52 Å². The monoisotopic (exact) mass is 390 g/mol. The van der Waals surface area contributed by atoms with Gasteiger partial charge >= 0.3 is 0 Å². The van der Waals surface area contributed by atoms with Crippen LogP contribution in [-0.4, -0.2) is 4.98 Å². The minimum atomic E-state index is 0.806. The van der Waals surface area contributed by atoms with E-state index in [4.69, 9.17) is 4.74 Å². The molecule has 0 spiro atoms. The Kier molecular flexibility index (Phi) is 4.36. The molecule has 0 aliphatic heterocycles. The van der Waals surface area contributed by atoms with Crippen molar-refractivity contribution in [3.05, 3.63) is 89.5 Å². The summed E-state index contributed by atoms with van der Waals surface area (Å²) in [5, 5.41) is 4.53. The summed E-state index contributed by atoms with van der Waals surface area (Å²) in [5.41, 5.74) is 2.97. The number of benzene rings is 3. The molecule has 0 radical (unpaired) electrons. The molecule has 0 amide bonds. The van der Waals surface area contributed by atoms with E-state index in [1.165, 1.54) is 0 Å². The SMILES string of the molecule is Brc1ccc2c(Nc3ccc(Oc4ccccc4)cc3)ccnc2c1. The summed E-state index contributed by atoms with van der Waals surface area (Å²) in [5.74, 6) is 1.63. The average molecular weight is 391 g/mol. The molecule has 0 aliphatic rings. The van der Waals surface area contributed by atoms with Crippen molar-refractivity contribution in [1.82, 2.24) is 4.98 Å². The zero-order chi connectivity index (χ0) is 17.1. The van der Waals surface area contributed by atoms with Crippen LogP contribution in [0.1, 0.15) is 0 Å². The Morgan fingerprint density at radius 1 is 0.800 bits per heavy atom. The first kappa shape index (κ1) is 15.7. The van der Waals surface area contributed by atoms with E-state index in [-0.39, 0.29) is 0 Å². The molecule has 0 saturated carbocycles. The number of nitrogens with one attached hydrogen (secondary N) is 1. The third-order valence-electron chi connectivity index (χ3n) is 3.82. The van der Waals surface area contributed by atoms with Crippen molar-refractivity contribution in [2.45, 2.75) is 0 Å². The number of hydrogen-bond donors (Lipinski definition) is 1. The summed E-state index contributed by atoms with van der Waals surface area (Å²) < 4.78 is 6.84. The molecule has 0 unspecified atom stereocenters. The number of hydrogen-bond acceptors (Lipinski definition) is 3. The van der Waals surface area contributed by atoms with Gasteiger partial charge in [-0.15, -0.1) is 0 Å². The smallest absolute Gasteiger partial charge is 0.127 e. The molecule has 4 aromatic rings. The standard InChI is InChI=1S/C21H15BrN2O/c22-15-6-11-19-20(12-13-23-21(19)14-15)24-16-7-9-18(10-8-16)25-17-4-2-1-3-5-17/h1-14H,(H,23,24). The normalized spacial score (nSPS) is 10.6. The van der Waals surface area contributed by atoms with Crippen molar-refractivity contribution in [1.29, 1.82) is 0 Å². The van der Waals surface area contributed by atoms with Gasteiger partial charge in [-0.1, -0.05) is 34.1 Å². The number of rotatable bonds is 4. The van der Waals surface area contributed by atoms with Gasteiger partial charge in [0.2, 0.25) is 0 Å². The van der Waals surface area contributed by atoms with Crippen molar-refractivity contribution >= 4 is 38.2 Å². The predicted octanol–water partition coefficient (Wildman–Crippen LogP) is 6.53. The number of nitrogens with zero attached hydrogens (tertiary/aromatic N) is 1. The lowest BCUT2D eigenvalue weighted by molar-refractivity contribution is 0.483. The molecule has 1 N–H and O–H groups in total. The van der Waals surface area contributed by atoms with Crippen LogP contribution in [0.2, 0.25) is 0 Å². The Labute approximate surface area is 154 Å². The van der Waals surface area contributed by atoms with Gasteiger partial charge in [-0.05, 0) is 60.7 Å². The van der Waals surface area contributed by atoms with Crippen molar-refractivity contribution in [3.63, 3.8) is 0 Å². The summed E-state index contributed by atoms with van der Waals surface area (Å²) in [4.78, 5) is 4.42. The van der Waals surface area contributed by atoms with Gasteiger partial charge < -0.3 is 10.1 Å². The molecule has 3 aromatic carbocycles.